The molecule has 1 atom stereocenters. The minimum Gasteiger partial charge on any atom is -0.462 e. The monoisotopic (exact) mass is 489 g/mol. The number of hydrogen-bond acceptors (Lipinski definition) is 8. The Balaban J connectivity index is 1.82. The molecule has 1 aromatic carbocycles. The molecule has 1 unspecified atom stereocenters. The average Bonchev–Trinajstić information content (AvgIpc) is 2.77. The Morgan fingerprint density at radius 2 is 1.91 bits per heavy atom. The maximum Gasteiger partial charge on any atom is 0.342 e. The number of hydrogen-bond donors (Lipinski definition) is 0. The Morgan fingerprint density at radius 1 is 1.21 bits per heavy atom. The van der Waals surface area contributed by atoms with Crippen molar-refractivity contribution in [1.29, 1.82) is 0 Å². The van der Waals surface area contributed by atoms with Crippen molar-refractivity contribution in [1.82, 2.24) is 19.8 Å². The quantitative estimate of drug-likeness (QED) is 0.355. The molecule has 2 amide bonds. The Bertz CT molecular complexity index is 1170. The predicted molar refractivity (Wildman–Crippen MR) is 122 cm³/mol. The molecule has 0 aliphatic carbocycles. The molecule has 0 spiro atoms. The van der Waals surface area contributed by atoms with E-state index in [1.54, 1.807) is 32.6 Å². The Labute approximate surface area is 200 Å². The molecule has 2 aromatic rings. The third-order valence-electron chi connectivity index (χ3n) is 5.45. The van der Waals surface area contributed by atoms with E-state index in [-0.39, 0.29) is 53.8 Å². The van der Waals surface area contributed by atoms with Crippen LogP contribution in [0.3, 0.4) is 0 Å². The van der Waals surface area contributed by atoms with Crippen LogP contribution in [-0.2, 0) is 4.74 Å². The van der Waals surface area contributed by atoms with Crippen molar-refractivity contribution < 1.29 is 24.0 Å². The molecule has 1 fully saturated rings. The first kappa shape index (κ1) is 25.0. The summed E-state index contributed by atoms with van der Waals surface area (Å²) in [4.78, 5) is 60.8. The largest absolute Gasteiger partial charge is 0.462 e. The second kappa shape index (κ2) is 10.1. The lowest BCUT2D eigenvalue weighted by Gasteiger charge is -2.40. The number of piperazine rings is 1. The molecule has 34 heavy (non-hydrogen) atoms. The highest BCUT2D eigenvalue weighted by Gasteiger charge is 2.34. The van der Waals surface area contributed by atoms with Crippen molar-refractivity contribution >= 4 is 35.1 Å². The lowest BCUT2D eigenvalue weighted by atomic mass is 10.1. The summed E-state index contributed by atoms with van der Waals surface area (Å²) in [6, 6.07) is 3.50. The fourth-order valence-corrected chi connectivity index (χ4v) is 4.05. The van der Waals surface area contributed by atoms with Gasteiger partial charge in [0.1, 0.15) is 22.1 Å². The van der Waals surface area contributed by atoms with E-state index in [0.717, 1.165) is 6.07 Å². The van der Waals surface area contributed by atoms with E-state index in [0.29, 0.717) is 11.5 Å². The van der Waals surface area contributed by atoms with Gasteiger partial charge >= 0.3 is 5.97 Å². The number of ether oxygens (including phenoxy) is 1. The standard InChI is InChI=1S/C22H24ClN5O6/c1-5-34-22(31)18-13(3)24-14(4)25-19(18)21(30)26-8-9-27(12(2)11-26)20(29)15-6-7-16(23)17(10-15)28(32)33/h6-7,10,12H,5,8-9,11H2,1-4H3. The van der Waals surface area contributed by atoms with Gasteiger partial charge in [-0.3, -0.25) is 19.7 Å². The number of carbonyl (C=O) groups is 3. The molecule has 2 heterocycles. The topological polar surface area (TPSA) is 136 Å². The highest BCUT2D eigenvalue weighted by atomic mass is 35.5. The fourth-order valence-electron chi connectivity index (χ4n) is 3.86. The number of nitro groups is 1. The molecule has 0 bridgehead atoms. The van der Waals surface area contributed by atoms with Crippen molar-refractivity contribution in [3.05, 3.63) is 61.7 Å². The summed E-state index contributed by atoms with van der Waals surface area (Å²) >= 11 is 5.85. The number of carbonyl (C=O) groups excluding carboxylic acids is 3. The molecule has 180 valence electrons. The van der Waals surface area contributed by atoms with Gasteiger partial charge in [0.15, 0.2) is 0 Å². The number of aromatic nitrogens is 2. The zero-order chi connectivity index (χ0) is 25.2. The van der Waals surface area contributed by atoms with Gasteiger partial charge in [-0.05, 0) is 39.8 Å². The third-order valence-corrected chi connectivity index (χ3v) is 5.77. The minimum absolute atomic E-state index is 0.0251. The second-order valence-electron chi connectivity index (χ2n) is 7.82. The molecule has 1 aliphatic heterocycles. The van der Waals surface area contributed by atoms with Gasteiger partial charge in [0.2, 0.25) is 0 Å². The molecule has 11 nitrogen and oxygen atoms in total. The summed E-state index contributed by atoms with van der Waals surface area (Å²) in [5, 5.41) is 11.1. The van der Waals surface area contributed by atoms with Crippen LogP contribution in [0.1, 0.15) is 56.6 Å². The van der Waals surface area contributed by atoms with Crippen LogP contribution in [-0.4, -0.2) is 74.8 Å². The second-order valence-corrected chi connectivity index (χ2v) is 8.23. The normalized spacial score (nSPS) is 15.7. The van der Waals surface area contributed by atoms with E-state index in [1.807, 2.05) is 0 Å². The molecule has 12 heteroatoms. The summed E-state index contributed by atoms with van der Waals surface area (Å²) in [5.74, 6) is -1.19. The van der Waals surface area contributed by atoms with Crippen molar-refractivity contribution in [3.8, 4) is 0 Å². The van der Waals surface area contributed by atoms with E-state index in [4.69, 9.17) is 16.3 Å². The van der Waals surface area contributed by atoms with Gasteiger partial charge in [-0.25, -0.2) is 14.8 Å². The highest BCUT2D eigenvalue weighted by molar-refractivity contribution is 6.32. The zero-order valence-corrected chi connectivity index (χ0v) is 20.0. The van der Waals surface area contributed by atoms with Crippen LogP contribution in [0, 0.1) is 24.0 Å². The first-order chi connectivity index (χ1) is 16.0. The molecule has 0 radical (unpaired) electrons. The van der Waals surface area contributed by atoms with Crippen LogP contribution in [0.25, 0.3) is 0 Å². The molecular formula is C22H24ClN5O6. The van der Waals surface area contributed by atoms with Crippen LogP contribution < -0.4 is 0 Å². The van der Waals surface area contributed by atoms with Crippen LogP contribution in [0.2, 0.25) is 5.02 Å². The molecule has 0 saturated carbocycles. The zero-order valence-electron chi connectivity index (χ0n) is 19.2. The van der Waals surface area contributed by atoms with Crippen LogP contribution in [0.4, 0.5) is 5.69 Å². The SMILES string of the molecule is CCOC(=O)c1c(C)nc(C)nc1C(=O)N1CCN(C(=O)c2ccc(Cl)c([N+](=O)[O-])c2)C(C)C1. The van der Waals surface area contributed by atoms with Gasteiger partial charge in [-0.1, -0.05) is 11.6 Å². The molecule has 1 aromatic heterocycles. The number of rotatable bonds is 5. The minimum atomic E-state index is -0.672. The summed E-state index contributed by atoms with van der Waals surface area (Å²) < 4.78 is 5.08. The van der Waals surface area contributed by atoms with Gasteiger partial charge in [-0.2, -0.15) is 0 Å². The van der Waals surface area contributed by atoms with Gasteiger partial charge in [0, 0.05) is 37.3 Å². The maximum atomic E-state index is 13.3. The number of benzene rings is 1. The highest BCUT2D eigenvalue weighted by Crippen LogP contribution is 2.27. The van der Waals surface area contributed by atoms with E-state index >= 15 is 0 Å². The summed E-state index contributed by atoms with van der Waals surface area (Å²) in [7, 11) is 0. The molecule has 3 rings (SSSR count). The van der Waals surface area contributed by atoms with Crippen molar-refractivity contribution in [2.75, 3.05) is 26.2 Å². The first-order valence-corrected chi connectivity index (χ1v) is 11.0. The number of amides is 2. The third kappa shape index (κ3) is 4.98. The van der Waals surface area contributed by atoms with Crippen LogP contribution in [0.15, 0.2) is 18.2 Å². The van der Waals surface area contributed by atoms with Gasteiger partial charge < -0.3 is 14.5 Å². The van der Waals surface area contributed by atoms with Gasteiger partial charge in [0.05, 0.1) is 17.2 Å². The smallest absolute Gasteiger partial charge is 0.342 e. The molecule has 0 N–H and O–H groups in total. The average molecular weight is 490 g/mol. The van der Waals surface area contributed by atoms with Crippen LogP contribution in [0.5, 0.6) is 0 Å². The number of nitrogens with zero attached hydrogens (tertiary/aromatic N) is 5. The number of halogens is 1. The molecular weight excluding hydrogens is 466 g/mol. The lowest BCUT2D eigenvalue weighted by Crippen LogP contribution is -2.55. The van der Waals surface area contributed by atoms with Crippen LogP contribution >= 0.6 is 11.6 Å². The Hall–Kier alpha value is -3.60. The predicted octanol–water partition coefficient (Wildman–Crippen LogP) is 2.82. The molecule has 1 aliphatic rings. The fraction of sp³-hybridized carbons (Fsp3) is 0.409. The molecule has 1 saturated heterocycles. The summed E-state index contributed by atoms with van der Waals surface area (Å²) in [6.45, 7) is 7.38. The maximum absolute atomic E-state index is 13.3. The Kier molecular flexibility index (Phi) is 7.45. The van der Waals surface area contributed by atoms with E-state index in [9.17, 15) is 24.5 Å². The summed E-state index contributed by atoms with van der Waals surface area (Å²) in [5.41, 5.74) is 0.116. The van der Waals surface area contributed by atoms with Gasteiger partial charge in [0.25, 0.3) is 17.5 Å². The van der Waals surface area contributed by atoms with E-state index in [2.05, 4.69) is 9.97 Å². The number of aryl methyl sites for hydroxylation is 2. The van der Waals surface area contributed by atoms with E-state index < -0.39 is 28.7 Å². The van der Waals surface area contributed by atoms with Crippen molar-refractivity contribution in [2.45, 2.75) is 33.7 Å². The van der Waals surface area contributed by atoms with E-state index in [1.165, 1.54) is 17.0 Å². The van der Waals surface area contributed by atoms with Gasteiger partial charge in [-0.15, -0.1) is 0 Å². The summed E-state index contributed by atoms with van der Waals surface area (Å²) in [6.07, 6.45) is 0. The van der Waals surface area contributed by atoms with Crippen molar-refractivity contribution in [2.24, 2.45) is 0 Å². The Morgan fingerprint density at radius 3 is 2.53 bits per heavy atom. The van der Waals surface area contributed by atoms with Crippen molar-refractivity contribution in [3.63, 3.8) is 0 Å². The number of nitro benzene ring substituents is 1. The first-order valence-electron chi connectivity index (χ1n) is 10.6. The lowest BCUT2D eigenvalue weighted by molar-refractivity contribution is -0.384. The number of esters is 1.